The Hall–Kier alpha value is -1.56. The van der Waals surface area contributed by atoms with Crippen LogP contribution in [-0.2, 0) is 0 Å². The number of carbonyl (C=O) groups is 1. The first-order chi connectivity index (χ1) is 11.7. The molecule has 1 aliphatic heterocycles. The quantitative estimate of drug-likeness (QED) is 0.822. The van der Waals surface area contributed by atoms with Crippen molar-refractivity contribution in [3.63, 3.8) is 0 Å². The van der Waals surface area contributed by atoms with Crippen molar-refractivity contribution in [3.05, 3.63) is 40.6 Å². The third-order valence-corrected chi connectivity index (χ3v) is 4.79. The molecule has 5 nitrogen and oxygen atoms in total. The molecule has 1 amide bonds. The van der Waals surface area contributed by atoms with Crippen LogP contribution in [0.1, 0.15) is 35.4 Å². The first-order valence-corrected chi connectivity index (χ1v) is 8.74. The van der Waals surface area contributed by atoms with E-state index < -0.39 is 0 Å². The average Bonchev–Trinajstić information content (AvgIpc) is 2.97. The zero-order chi connectivity index (χ0) is 16.9. The van der Waals surface area contributed by atoms with Crippen LogP contribution in [0.15, 0.2) is 28.8 Å². The lowest BCUT2D eigenvalue weighted by molar-refractivity contribution is 0.0949. The van der Waals surface area contributed by atoms with Gasteiger partial charge < -0.3 is 15.2 Å². The van der Waals surface area contributed by atoms with Gasteiger partial charge in [0.05, 0.1) is 5.02 Å². The number of aromatic nitrogens is 1. The Kier molecular flexibility index (Phi) is 7.29. The minimum absolute atomic E-state index is 0. The van der Waals surface area contributed by atoms with Gasteiger partial charge in [-0.15, -0.1) is 12.4 Å². The second kappa shape index (κ2) is 9.22. The van der Waals surface area contributed by atoms with E-state index in [2.05, 4.69) is 15.8 Å². The molecule has 1 aromatic carbocycles. The molecule has 1 unspecified atom stereocenters. The topological polar surface area (TPSA) is 67.2 Å². The number of nitrogens with zero attached hydrogens (tertiary/aromatic N) is 1. The molecule has 0 bridgehead atoms. The number of aryl methyl sites for hydroxylation is 1. The maximum atomic E-state index is 12.6. The maximum Gasteiger partial charge on any atom is 0.257 e. The summed E-state index contributed by atoms with van der Waals surface area (Å²) in [7, 11) is 0. The second-order valence-corrected chi connectivity index (χ2v) is 6.61. The minimum Gasteiger partial charge on any atom is -0.360 e. The van der Waals surface area contributed by atoms with Crippen LogP contribution in [0.3, 0.4) is 0 Å². The van der Waals surface area contributed by atoms with Gasteiger partial charge in [-0.05, 0) is 51.3 Å². The molecule has 1 aromatic heterocycles. The summed E-state index contributed by atoms with van der Waals surface area (Å²) in [5.74, 6) is 0.972. The normalized spacial score (nSPS) is 17.0. The second-order valence-electron chi connectivity index (χ2n) is 6.20. The monoisotopic (exact) mass is 383 g/mol. The fourth-order valence-electron chi connectivity index (χ4n) is 3.13. The van der Waals surface area contributed by atoms with Gasteiger partial charge in [0.1, 0.15) is 17.0 Å². The van der Waals surface area contributed by atoms with Crippen molar-refractivity contribution >= 4 is 29.9 Å². The summed E-state index contributed by atoms with van der Waals surface area (Å²) in [6.07, 6.45) is 3.41. The Morgan fingerprint density at radius 3 is 2.96 bits per heavy atom. The largest absolute Gasteiger partial charge is 0.360 e. The lowest BCUT2D eigenvalue weighted by Crippen LogP contribution is -2.33. The first kappa shape index (κ1) is 19.8. The predicted molar refractivity (Wildman–Crippen MR) is 101 cm³/mol. The molecule has 1 fully saturated rings. The zero-order valence-corrected chi connectivity index (χ0v) is 15.8. The highest BCUT2D eigenvalue weighted by molar-refractivity contribution is 6.33. The molecule has 25 heavy (non-hydrogen) atoms. The first-order valence-electron chi connectivity index (χ1n) is 8.37. The highest BCUT2D eigenvalue weighted by Crippen LogP contribution is 2.30. The molecule has 2 N–H and O–H groups in total. The van der Waals surface area contributed by atoms with Crippen molar-refractivity contribution in [2.75, 3.05) is 19.6 Å². The smallest absolute Gasteiger partial charge is 0.257 e. The fraction of sp³-hybridized carbons (Fsp3) is 0.444. The van der Waals surface area contributed by atoms with Crippen molar-refractivity contribution in [1.29, 1.82) is 0 Å². The van der Waals surface area contributed by atoms with Crippen LogP contribution in [0, 0.1) is 12.8 Å². The van der Waals surface area contributed by atoms with E-state index in [1.165, 1.54) is 12.8 Å². The molecule has 1 atom stereocenters. The molecule has 3 rings (SSSR count). The van der Waals surface area contributed by atoms with Crippen molar-refractivity contribution in [3.8, 4) is 11.3 Å². The lowest BCUT2D eigenvalue weighted by Gasteiger charge is -2.22. The van der Waals surface area contributed by atoms with E-state index in [1.807, 2.05) is 18.2 Å². The van der Waals surface area contributed by atoms with Crippen molar-refractivity contribution in [2.24, 2.45) is 5.92 Å². The van der Waals surface area contributed by atoms with Gasteiger partial charge in [-0.1, -0.05) is 35.0 Å². The van der Waals surface area contributed by atoms with Crippen LogP contribution in [0.2, 0.25) is 5.02 Å². The molecular formula is C18H23Cl2N3O2. The van der Waals surface area contributed by atoms with E-state index in [0.717, 1.165) is 19.5 Å². The highest BCUT2D eigenvalue weighted by atomic mass is 35.5. The number of amides is 1. The Bertz CT molecular complexity index is 712. The summed E-state index contributed by atoms with van der Waals surface area (Å²) in [6, 6.07) is 7.32. The highest BCUT2D eigenvalue weighted by Gasteiger charge is 2.23. The number of carbonyl (C=O) groups excluding carboxylic acids is 1. The van der Waals surface area contributed by atoms with Crippen LogP contribution in [-0.4, -0.2) is 30.7 Å². The van der Waals surface area contributed by atoms with Crippen molar-refractivity contribution in [1.82, 2.24) is 15.8 Å². The Balaban J connectivity index is 0.00000225. The van der Waals surface area contributed by atoms with E-state index in [1.54, 1.807) is 13.0 Å². The van der Waals surface area contributed by atoms with Crippen molar-refractivity contribution in [2.45, 2.75) is 26.2 Å². The van der Waals surface area contributed by atoms with Gasteiger partial charge in [0, 0.05) is 12.1 Å². The van der Waals surface area contributed by atoms with Crippen LogP contribution < -0.4 is 10.6 Å². The fourth-order valence-corrected chi connectivity index (χ4v) is 3.35. The molecule has 2 aromatic rings. The summed E-state index contributed by atoms with van der Waals surface area (Å²) < 4.78 is 5.24. The van der Waals surface area contributed by atoms with Crippen molar-refractivity contribution < 1.29 is 9.32 Å². The Morgan fingerprint density at radius 2 is 2.24 bits per heavy atom. The molecule has 0 spiro atoms. The van der Waals surface area contributed by atoms with Gasteiger partial charge in [-0.2, -0.15) is 0 Å². The van der Waals surface area contributed by atoms with Crippen LogP contribution in [0.4, 0.5) is 0 Å². The Morgan fingerprint density at radius 1 is 1.44 bits per heavy atom. The van der Waals surface area contributed by atoms with Gasteiger partial charge >= 0.3 is 0 Å². The molecule has 1 saturated heterocycles. The number of piperidine rings is 1. The molecule has 0 saturated carbocycles. The van der Waals surface area contributed by atoms with E-state index in [4.69, 9.17) is 16.1 Å². The van der Waals surface area contributed by atoms with E-state index in [9.17, 15) is 4.79 Å². The summed E-state index contributed by atoms with van der Waals surface area (Å²) >= 11 is 6.23. The molecule has 2 heterocycles. The number of hydrogen-bond donors (Lipinski definition) is 2. The van der Waals surface area contributed by atoms with E-state index in [-0.39, 0.29) is 18.3 Å². The number of nitrogens with one attached hydrogen (secondary N) is 2. The summed E-state index contributed by atoms with van der Waals surface area (Å²) in [5, 5.41) is 11.0. The van der Waals surface area contributed by atoms with E-state index in [0.29, 0.717) is 40.1 Å². The molecule has 0 radical (unpaired) electrons. The number of benzene rings is 1. The summed E-state index contributed by atoms with van der Waals surface area (Å²) in [4.78, 5) is 12.6. The molecule has 7 heteroatoms. The van der Waals surface area contributed by atoms with Crippen LogP contribution in [0.5, 0.6) is 0 Å². The number of rotatable bonds is 5. The molecule has 1 aliphatic rings. The molecular weight excluding hydrogens is 361 g/mol. The minimum atomic E-state index is -0.160. The maximum absolute atomic E-state index is 12.6. The van der Waals surface area contributed by atoms with Gasteiger partial charge in [0.2, 0.25) is 0 Å². The molecule has 0 aliphatic carbocycles. The van der Waals surface area contributed by atoms with Gasteiger partial charge in [-0.25, -0.2) is 0 Å². The summed E-state index contributed by atoms with van der Waals surface area (Å²) in [6.45, 7) is 4.53. The SMILES string of the molecule is Cc1onc(-c2ccccc2Cl)c1C(=O)NCCC1CCCNC1.Cl. The predicted octanol–water partition coefficient (Wildman–Crippen LogP) is 3.84. The average molecular weight is 384 g/mol. The third kappa shape index (κ3) is 4.75. The summed E-state index contributed by atoms with van der Waals surface area (Å²) in [5.41, 5.74) is 1.66. The zero-order valence-electron chi connectivity index (χ0n) is 14.2. The van der Waals surface area contributed by atoms with Crippen LogP contribution in [0.25, 0.3) is 11.3 Å². The number of hydrogen-bond acceptors (Lipinski definition) is 4. The number of halogens is 2. The standard InChI is InChI=1S/C18H22ClN3O2.ClH/c1-12-16(17(22-24-12)14-6-2-3-7-15(14)19)18(23)21-10-8-13-5-4-9-20-11-13;/h2-3,6-7,13,20H,4-5,8-11H2,1H3,(H,21,23);1H. The van der Waals surface area contributed by atoms with Crippen LogP contribution >= 0.6 is 24.0 Å². The third-order valence-electron chi connectivity index (χ3n) is 4.46. The van der Waals surface area contributed by atoms with E-state index >= 15 is 0 Å². The lowest BCUT2D eigenvalue weighted by atomic mass is 9.96. The van der Waals surface area contributed by atoms with Gasteiger partial charge in [-0.3, -0.25) is 4.79 Å². The van der Waals surface area contributed by atoms with Gasteiger partial charge in [0.25, 0.3) is 5.91 Å². The molecule has 136 valence electrons. The van der Waals surface area contributed by atoms with Gasteiger partial charge in [0.15, 0.2) is 0 Å². The Labute approximate surface area is 158 Å².